The summed E-state index contributed by atoms with van der Waals surface area (Å²) in [5.41, 5.74) is 1.63. The van der Waals surface area contributed by atoms with E-state index in [9.17, 15) is 4.79 Å². The van der Waals surface area contributed by atoms with E-state index in [1.54, 1.807) is 6.07 Å². The first-order valence-corrected chi connectivity index (χ1v) is 7.89. The molecule has 6 heteroatoms. The zero-order valence-electron chi connectivity index (χ0n) is 11.1. The maximum Gasteiger partial charge on any atom is 0.252 e. The quantitative estimate of drug-likeness (QED) is 0.780. The Kier molecular flexibility index (Phi) is 5.37. The first-order chi connectivity index (χ1) is 9.58. The third-order valence-electron chi connectivity index (χ3n) is 2.85. The van der Waals surface area contributed by atoms with Crippen molar-refractivity contribution in [3.8, 4) is 0 Å². The van der Waals surface area contributed by atoms with Crippen LogP contribution in [0.2, 0.25) is 0 Å². The number of aryl methyl sites for hydroxylation is 2. The molecule has 1 N–H and O–H groups in total. The van der Waals surface area contributed by atoms with Gasteiger partial charge < -0.3 is 5.32 Å². The van der Waals surface area contributed by atoms with Gasteiger partial charge in [-0.3, -0.25) is 9.48 Å². The average molecular weight is 401 g/mol. The third kappa shape index (κ3) is 3.93. The minimum atomic E-state index is -0.0599. The van der Waals surface area contributed by atoms with Crippen LogP contribution in [0.15, 0.2) is 39.4 Å². The van der Waals surface area contributed by atoms with Crippen molar-refractivity contribution < 1.29 is 4.79 Å². The maximum absolute atomic E-state index is 12.0. The minimum absolute atomic E-state index is 0.0599. The zero-order valence-corrected chi connectivity index (χ0v) is 14.2. The van der Waals surface area contributed by atoms with Crippen molar-refractivity contribution in [1.82, 2.24) is 15.1 Å². The second kappa shape index (κ2) is 7.04. The summed E-state index contributed by atoms with van der Waals surface area (Å²) in [6.07, 6.45) is 2.79. The predicted molar refractivity (Wildman–Crippen MR) is 85.8 cm³/mol. The molecule has 0 saturated carbocycles. The summed E-state index contributed by atoms with van der Waals surface area (Å²) < 4.78 is 3.70. The molecule has 0 spiro atoms. The van der Waals surface area contributed by atoms with Crippen molar-refractivity contribution >= 4 is 37.8 Å². The molecule has 0 aliphatic carbocycles. The Morgan fingerprint density at radius 1 is 1.30 bits per heavy atom. The molecule has 1 aromatic heterocycles. The van der Waals surface area contributed by atoms with Gasteiger partial charge in [-0.15, -0.1) is 0 Å². The number of carbonyl (C=O) groups is 1. The van der Waals surface area contributed by atoms with Gasteiger partial charge in [-0.1, -0.05) is 12.1 Å². The number of nitrogens with zero attached hydrogens (tertiary/aromatic N) is 2. The summed E-state index contributed by atoms with van der Waals surface area (Å²) in [5, 5.41) is 7.26. The second-order valence-electron chi connectivity index (χ2n) is 4.41. The van der Waals surface area contributed by atoms with E-state index in [-0.39, 0.29) is 5.91 Å². The number of halogens is 2. The van der Waals surface area contributed by atoms with Gasteiger partial charge >= 0.3 is 0 Å². The van der Waals surface area contributed by atoms with Crippen molar-refractivity contribution in [3.63, 3.8) is 0 Å². The molecule has 0 aliphatic heterocycles. The van der Waals surface area contributed by atoms with Crippen LogP contribution in [0.4, 0.5) is 0 Å². The fraction of sp³-hybridized carbons (Fsp3) is 0.286. The lowest BCUT2D eigenvalue weighted by Gasteiger charge is -2.06. The monoisotopic (exact) mass is 399 g/mol. The van der Waals surface area contributed by atoms with E-state index in [1.807, 2.05) is 36.0 Å². The molecule has 20 heavy (non-hydrogen) atoms. The van der Waals surface area contributed by atoms with Gasteiger partial charge in [0.1, 0.15) is 0 Å². The fourth-order valence-corrected chi connectivity index (χ4v) is 2.57. The molecule has 1 heterocycles. The molecule has 0 radical (unpaired) electrons. The Morgan fingerprint density at radius 2 is 2.05 bits per heavy atom. The first-order valence-electron chi connectivity index (χ1n) is 6.30. The van der Waals surface area contributed by atoms with Crippen molar-refractivity contribution in [2.24, 2.45) is 0 Å². The van der Waals surface area contributed by atoms with E-state index in [1.165, 1.54) is 0 Å². The minimum Gasteiger partial charge on any atom is -0.352 e. The summed E-state index contributed by atoms with van der Waals surface area (Å²) in [7, 11) is 0. The van der Waals surface area contributed by atoms with Crippen LogP contribution in [-0.2, 0) is 6.54 Å². The van der Waals surface area contributed by atoms with E-state index >= 15 is 0 Å². The van der Waals surface area contributed by atoms with Crippen molar-refractivity contribution in [2.45, 2.75) is 19.9 Å². The molecular weight excluding hydrogens is 386 g/mol. The molecule has 0 saturated heterocycles. The lowest BCUT2D eigenvalue weighted by atomic mass is 10.2. The molecule has 0 unspecified atom stereocenters. The van der Waals surface area contributed by atoms with E-state index in [2.05, 4.69) is 42.3 Å². The van der Waals surface area contributed by atoms with Gasteiger partial charge in [-0.25, -0.2) is 0 Å². The SMILES string of the molecule is Cc1nn(CCCNC(=O)c2ccccc2Br)cc1Br. The number of carbonyl (C=O) groups excluding carboxylic acids is 1. The summed E-state index contributed by atoms with van der Waals surface area (Å²) in [5.74, 6) is -0.0599. The van der Waals surface area contributed by atoms with Crippen LogP contribution >= 0.6 is 31.9 Å². The zero-order chi connectivity index (χ0) is 14.5. The van der Waals surface area contributed by atoms with Crippen molar-refractivity contribution in [1.29, 1.82) is 0 Å². The molecule has 4 nitrogen and oxygen atoms in total. The molecule has 1 amide bonds. The molecular formula is C14H15Br2N3O. The van der Waals surface area contributed by atoms with E-state index in [0.29, 0.717) is 12.1 Å². The molecule has 0 fully saturated rings. The molecule has 0 aliphatic rings. The number of aromatic nitrogens is 2. The molecule has 0 bridgehead atoms. The van der Waals surface area contributed by atoms with Crippen LogP contribution in [0.1, 0.15) is 22.5 Å². The van der Waals surface area contributed by atoms with Gasteiger partial charge in [0.15, 0.2) is 0 Å². The Hall–Kier alpha value is -1.14. The van der Waals surface area contributed by atoms with Gasteiger partial charge in [0.05, 0.1) is 15.7 Å². The maximum atomic E-state index is 12.0. The molecule has 2 aromatic rings. The van der Waals surface area contributed by atoms with Gasteiger partial charge in [0.25, 0.3) is 5.91 Å². The summed E-state index contributed by atoms with van der Waals surface area (Å²) in [4.78, 5) is 12.0. The average Bonchev–Trinajstić information content (AvgIpc) is 2.74. The number of hydrogen-bond acceptors (Lipinski definition) is 2. The smallest absolute Gasteiger partial charge is 0.252 e. The lowest BCUT2D eigenvalue weighted by Crippen LogP contribution is -2.25. The summed E-state index contributed by atoms with van der Waals surface area (Å²) in [6, 6.07) is 7.40. The van der Waals surface area contributed by atoms with Crippen LogP contribution < -0.4 is 5.32 Å². The highest BCUT2D eigenvalue weighted by atomic mass is 79.9. The molecule has 0 atom stereocenters. The number of amides is 1. The highest BCUT2D eigenvalue weighted by Gasteiger charge is 2.08. The van der Waals surface area contributed by atoms with Gasteiger partial charge in [-0.2, -0.15) is 5.10 Å². The largest absolute Gasteiger partial charge is 0.352 e. The predicted octanol–water partition coefficient (Wildman–Crippen LogP) is 3.54. The van der Waals surface area contributed by atoms with Crippen molar-refractivity contribution in [3.05, 3.63) is 50.7 Å². The molecule has 2 rings (SSSR count). The summed E-state index contributed by atoms with van der Waals surface area (Å²) in [6.45, 7) is 3.36. The normalized spacial score (nSPS) is 10.6. The van der Waals surface area contributed by atoms with Crippen LogP contribution in [-0.4, -0.2) is 22.2 Å². The van der Waals surface area contributed by atoms with Crippen LogP contribution in [0.3, 0.4) is 0 Å². The van der Waals surface area contributed by atoms with Crippen LogP contribution in [0.25, 0.3) is 0 Å². The van der Waals surface area contributed by atoms with Crippen molar-refractivity contribution in [2.75, 3.05) is 6.54 Å². The molecule has 1 aromatic carbocycles. The third-order valence-corrected chi connectivity index (χ3v) is 4.32. The molecule has 106 valence electrons. The topological polar surface area (TPSA) is 46.9 Å². The van der Waals surface area contributed by atoms with Gasteiger partial charge in [-0.05, 0) is 57.3 Å². The Bertz CT molecular complexity index is 591. The van der Waals surface area contributed by atoms with Gasteiger partial charge in [0.2, 0.25) is 0 Å². The fourth-order valence-electron chi connectivity index (χ4n) is 1.79. The second-order valence-corrected chi connectivity index (χ2v) is 6.12. The standard InChI is InChI=1S/C14H15Br2N3O/c1-10-13(16)9-19(18-10)8-4-7-17-14(20)11-5-2-3-6-12(11)15/h2-3,5-6,9H,4,7-8H2,1H3,(H,17,20). The van der Waals surface area contributed by atoms with Crippen LogP contribution in [0, 0.1) is 6.92 Å². The van der Waals surface area contributed by atoms with E-state index in [4.69, 9.17) is 0 Å². The highest BCUT2D eigenvalue weighted by molar-refractivity contribution is 9.10. The van der Waals surface area contributed by atoms with E-state index in [0.717, 1.165) is 27.6 Å². The Labute approximate surface area is 134 Å². The highest BCUT2D eigenvalue weighted by Crippen LogP contribution is 2.15. The Morgan fingerprint density at radius 3 is 2.70 bits per heavy atom. The Balaban J connectivity index is 1.79. The number of benzene rings is 1. The van der Waals surface area contributed by atoms with E-state index < -0.39 is 0 Å². The van der Waals surface area contributed by atoms with Gasteiger partial charge in [0, 0.05) is 23.8 Å². The number of rotatable bonds is 5. The lowest BCUT2D eigenvalue weighted by molar-refractivity contribution is 0.0952. The number of hydrogen-bond donors (Lipinski definition) is 1. The van der Waals surface area contributed by atoms with Crippen LogP contribution in [0.5, 0.6) is 0 Å². The summed E-state index contributed by atoms with van der Waals surface area (Å²) >= 11 is 6.80. The number of nitrogens with one attached hydrogen (secondary N) is 1. The first kappa shape index (κ1) is 15.3.